The first-order chi connectivity index (χ1) is 14.6. The van der Waals surface area contributed by atoms with Crippen LogP contribution in [-0.2, 0) is 11.3 Å². The van der Waals surface area contributed by atoms with Gasteiger partial charge < -0.3 is 15.2 Å². The molecule has 0 aliphatic carbocycles. The molecule has 0 saturated carbocycles. The topological polar surface area (TPSA) is 61.8 Å². The number of alkyl carbamates (subject to hydrolysis) is 1. The number of aliphatic hydroxyl groups is 1. The normalized spacial score (nSPS) is 12.7. The molecule has 2 aromatic rings. The Labute approximate surface area is 183 Å². The maximum atomic E-state index is 12.4. The Morgan fingerprint density at radius 3 is 2.27 bits per heavy atom. The molecular weight excluding hydrogens is 396 g/mol. The molecule has 2 atom stereocenters. The quantitative estimate of drug-likeness (QED) is 0.373. The van der Waals surface area contributed by atoms with Crippen LogP contribution in [0.3, 0.4) is 0 Å². The van der Waals surface area contributed by atoms with Gasteiger partial charge in [-0.2, -0.15) is 0 Å². The smallest absolute Gasteiger partial charge is 0.407 e. The second kappa shape index (κ2) is 13.6. The van der Waals surface area contributed by atoms with Gasteiger partial charge in [0.1, 0.15) is 6.61 Å². The predicted octanol–water partition coefficient (Wildman–Crippen LogP) is 4.11. The lowest BCUT2D eigenvalue weighted by atomic mass is 10.1. The van der Waals surface area contributed by atoms with Gasteiger partial charge in [0.25, 0.3) is 0 Å². The average molecular weight is 427 g/mol. The maximum Gasteiger partial charge on any atom is 0.407 e. The third-order valence-corrected chi connectivity index (χ3v) is 5.50. The largest absolute Gasteiger partial charge is 0.445 e. The van der Waals surface area contributed by atoms with Crippen LogP contribution < -0.4 is 5.32 Å². The molecule has 2 N–H and O–H groups in total. The van der Waals surface area contributed by atoms with E-state index in [1.165, 1.54) is 0 Å². The summed E-state index contributed by atoms with van der Waals surface area (Å²) in [6, 6.07) is 18.9. The van der Waals surface area contributed by atoms with Crippen molar-refractivity contribution in [3.63, 3.8) is 0 Å². The van der Waals surface area contributed by atoms with E-state index in [1.54, 1.807) is 23.9 Å². The number of nitrogens with one attached hydrogen (secondary N) is 1. The third kappa shape index (κ3) is 8.86. The van der Waals surface area contributed by atoms with E-state index >= 15 is 0 Å². The minimum Gasteiger partial charge on any atom is -0.445 e. The van der Waals surface area contributed by atoms with E-state index in [1.807, 2.05) is 65.6 Å². The van der Waals surface area contributed by atoms with Gasteiger partial charge in [-0.25, -0.2) is 4.79 Å². The van der Waals surface area contributed by atoms with Gasteiger partial charge in [0.15, 0.2) is 0 Å². The van der Waals surface area contributed by atoms with Crippen LogP contribution >= 0.6 is 11.8 Å². The summed E-state index contributed by atoms with van der Waals surface area (Å²) in [5.74, 6) is 0.516. The van der Waals surface area contributed by atoms with E-state index < -0.39 is 18.2 Å². The molecule has 2 aromatic carbocycles. The molecule has 6 heteroatoms. The average Bonchev–Trinajstić information content (AvgIpc) is 2.77. The van der Waals surface area contributed by atoms with Crippen molar-refractivity contribution >= 4 is 17.9 Å². The molecule has 0 heterocycles. The molecule has 0 radical (unpaired) electrons. The Morgan fingerprint density at radius 2 is 1.67 bits per heavy atom. The first kappa shape index (κ1) is 23.7. The SMILES string of the molecule is C=CCN(CC=C)C[C@@H](O)[C@H](CSc1ccccc1)NC(=O)OCc1ccccc1. The Morgan fingerprint density at radius 1 is 1.07 bits per heavy atom. The molecule has 1 amide bonds. The number of nitrogens with zero attached hydrogens (tertiary/aromatic N) is 1. The fraction of sp³-hybridized carbons (Fsp3) is 0.292. The highest BCUT2D eigenvalue weighted by Crippen LogP contribution is 2.19. The summed E-state index contributed by atoms with van der Waals surface area (Å²) >= 11 is 1.58. The van der Waals surface area contributed by atoms with Crippen LogP contribution in [-0.4, -0.2) is 53.6 Å². The van der Waals surface area contributed by atoms with Crippen LogP contribution in [0, 0.1) is 0 Å². The van der Waals surface area contributed by atoms with Gasteiger partial charge in [-0.05, 0) is 17.7 Å². The van der Waals surface area contributed by atoms with E-state index in [-0.39, 0.29) is 6.61 Å². The Kier molecular flexibility index (Phi) is 10.8. The van der Waals surface area contributed by atoms with Crippen molar-refractivity contribution in [3.05, 3.63) is 91.5 Å². The van der Waals surface area contributed by atoms with Gasteiger partial charge in [-0.15, -0.1) is 24.9 Å². The van der Waals surface area contributed by atoms with Crippen LogP contribution in [0.15, 0.2) is 90.9 Å². The minimum absolute atomic E-state index is 0.181. The van der Waals surface area contributed by atoms with E-state index in [0.717, 1.165) is 10.5 Å². The third-order valence-electron chi connectivity index (χ3n) is 4.37. The van der Waals surface area contributed by atoms with Crippen LogP contribution in [0.1, 0.15) is 5.56 Å². The van der Waals surface area contributed by atoms with Crippen LogP contribution in [0.25, 0.3) is 0 Å². The monoisotopic (exact) mass is 426 g/mol. The van der Waals surface area contributed by atoms with E-state index in [2.05, 4.69) is 18.5 Å². The highest BCUT2D eigenvalue weighted by Gasteiger charge is 2.24. The molecule has 160 valence electrons. The number of carbonyl (C=O) groups is 1. The molecule has 0 saturated heterocycles. The van der Waals surface area contributed by atoms with Crippen molar-refractivity contribution in [2.45, 2.75) is 23.6 Å². The number of benzene rings is 2. The summed E-state index contributed by atoms with van der Waals surface area (Å²) in [5.41, 5.74) is 0.909. The number of amides is 1. The molecular formula is C24H30N2O3S. The molecule has 5 nitrogen and oxygen atoms in total. The summed E-state index contributed by atoms with van der Waals surface area (Å²) < 4.78 is 5.34. The lowest BCUT2D eigenvalue weighted by Gasteiger charge is -2.28. The number of rotatable bonds is 13. The molecule has 0 spiro atoms. The highest BCUT2D eigenvalue weighted by atomic mass is 32.2. The number of hydrogen-bond donors (Lipinski definition) is 2. The number of aliphatic hydroxyl groups excluding tert-OH is 1. The molecule has 0 aromatic heterocycles. The van der Waals surface area contributed by atoms with E-state index in [0.29, 0.717) is 25.4 Å². The summed E-state index contributed by atoms with van der Waals surface area (Å²) in [7, 11) is 0. The molecule has 0 aliphatic rings. The number of thioether (sulfide) groups is 1. The van der Waals surface area contributed by atoms with Crippen molar-refractivity contribution in [2.24, 2.45) is 0 Å². The highest BCUT2D eigenvalue weighted by molar-refractivity contribution is 7.99. The Balaban J connectivity index is 1.98. The summed E-state index contributed by atoms with van der Waals surface area (Å²) in [5, 5.41) is 13.7. The summed E-state index contributed by atoms with van der Waals surface area (Å²) in [6.45, 7) is 9.34. The molecule has 30 heavy (non-hydrogen) atoms. The fourth-order valence-corrected chi connectivity index (χ4v) is 3.88. The van der Waals surface area contributed by atoms with Gasteiger partial charge in [-0.1, -0.05) is 60.7 Å². The minimum atomic E-state index is -0.773. The Bertz CT molecular complexity index is 761. The lowest BCUT2D eigenvalue weighted by molar-refractivity contribution is 0.0840. The van der Waals surface area contributed by atoms with Gasteiger partial charge in [-0.3, -0.25) is 4.90 Å². The predicted molar refractivity (Wildman–Crippen MR) is 124 cm³/mol. The molecule has 0 fully saturated rings. The van der Waals surface area contributed by atoms with Gasteiger partial charge in [0.2, 0.25) is 0 Å². The Hall–Kier alpha value is -2.54. The standard InChI is InChI=1S/C24H30N2O3S/c1-3-15-26(16-4-2)17-23(27)22(19-30-21-13-9-6-10-14-21)25-24(28)29-18-20-11-7-5-8-12-20/h3-14,22-23,27H,1-2,15-19H2,(H,25,28)/t22-,23+/m0/s1. The van der Waals surface area contributed by atoms with E-state index in [4.69, 9.17) is 4.74 Å². The van der Waals surface area contributed by atoms with Crippen molar-refractivity contribution in [1.29, 1.82) is 0 Å². The maximum absolute atomic E-state index is 12.4. The first-order valence-corrected chi connectivity index (χ1v) is 10.9. The van der Waals surface area contributed by atoms with E-state index in [9.17, 15) is 9.90 Å². The zero-order chi connectivity index (χ0) is 21.6. The fourth-order valence-electron chi connectivity index (χ4n) is 2.85. The molecule has 0 unspecified atom stereocenters. The van der Waals surface area contributed by atoms with Crippen LogP contribution in [0.2, 0.25) is 0 Å². The lowest BCUT2D eigenvalue weighted by Crippen LogP contribution is -2.50. The zero-order valence-corrected chi connectivity index (χ0v) is 18.0. The molecule has 0 aliphatic heterocycles. The van der Waals surface area contributed by atoms with Crippen molar-refractivity contribution < 1.29 is 14.6 Å². The second-order valence-electron chi connectivity index (χ2n) is 6.80. The second-order valence-corrected chi connectivity index (χ2v) is 7.89. The zero-order valence-electron chi connectivity index (χ0n) is 17.2. The van der Waals surface area contributed by atoms with Gasteiger partial charge >= 0.3 is 6.09 Å². The van der Waals surface area contributed by atoms with Gasteiger partial charge in [0.05, 0.1) is 12.1 Å². The number of hydrogen-bond acceptors (Lipinski definition) is 5. The van der Waals surface area contributed by atoms with Crippen molar-refractivity contribution in [2.75, 3.05) is 25.4 Å². The van der Waals surface area contributed by atoms with Crippen molar-refractivity contribution in [1.82, 2.24) is 10.2 Å². The summed E-state index contributed by atoms with van der Waals surface area (Å²) in [4.78, 5) is 15.5. The molecule has 2 rings (SSSR count). The van der Waals surface area contributed by atoms with Gasteiger partial charge in [0, 0.05) is 30.3 Å². The van der Waals surface area contributed by atoms with Crippen molar-refractivity contribution in [3.8, 4) is 0 Å². The molecule has 0 bridgehead atoms. The number of ether oxygens (including phenoxy) is 1. The summed E-state index contributed by atoms with van der Waals surface area (Å²) in [6.07, 6.45) is 2.25. The first-order valence-electron chi connectivity index (χ1n) is 9.89. The van der Waals surface area contributed by atoms with Crippen LogP contribution in [0.4, 0.5) is 4.79 Å². The number of carbonyl (C=O) groups excluding carboxylic acids is 1. The van der Waals surface area contributed by atoms with Crippen LogP contribution in [0.5, 0.6) is 0 Å².